The van der Waals surface area contributed by atoms with Crippen LogP contribution in [-0.4, -0.2) is 28.9 Å². The zero-order valence-corrected chi connectivity index (χ0v) is 6.79. The van der Waals surface area contributed by atoms with Gasteiger partial charge in [0, 0.05) is 13.2 Å². The topological polar surface area (TPSA) is 72.0 Å². The highest BCUT2D eigenvalue weighted by molar-refractivity contribution is 4.70. The Morgan fingerprint density at radius 2 is 1.09 bits per heavy atom. The molecule has 0 radical (unpaired) electrons. The summed E-state index contributed by atoms with van der Waals surface area (Å²) in [6.45, 7) is 0.663. The third-order valence-electron chi connectivity index (χ3n) is 2.48. The van der Waals surface area contributed by atoms with Crippen molar-refractivity contribution in [3.63, 3.8) is 0 Å². The van der Waals surface area contributed by atoms with Crippen LogP contribution in [0.1, 0.15) is 25.7 Å². The van der Waals surface area contributed by atoms with Gasteiger partial charge in [-0.2, -0.15) is 0 Å². The van der Waals surface area contributed by atoms with Crippen molar-refractivity contribution in [3.8, 4) is 0 Å². The molecule has 0 aromatic rings. The monoisotopic (exact) mass is 162 g/mol. The molecular formula is C8H18O3. The van der Waals surface area contributed by atoms with Crippen molar-refractivity contribution in [1.29, 1.82) is 0 Å². The fourth-order valence-electron chi connectivity index (χ4n) is 1.60. The molecule has 1 saturated carbocycles. The summed E-state index contributed by atoms with van der Waals surface area (Å²) in [5.41, 5.74) is 0. The first-order valence-electron chi connectivity index (χ1n) is 4.08. The van der Waals surface area contributed by atoms with Crippen LogP contribution < -0.4 is 0 Å². The lowest BCUT2D eigenvalue weighted by atomic mass is 9.83. The first kappa shape index (κ1) is 10.9. The van der Waals surface area contributed by atoms with Crippen LogP contribution in [0, 0.1) is 11.8 Å². The Morgan fingerprint density at radius 3 is 1.27 bits per heavy atom. The Balaban J connectivity index is 0.000001000. The van der Waals surface area contributed by atoms with E-state index in [0.29, 0.717) is 25.0 Å². The Morgan fingerprint density at radius 1 is 0.818 bits per heavy atom. The molecule has 0 aliphatic heterocycles. The fraction of sp³-hybridized carbons (Fsp3) is 1.00. The van der Waals surface area contributed by atoms with E-state index < -0.39 is 0 Å². The van der Waals surface area contributed by atoms with Crippen molar-refractivity contribution in [2.75, 3.05) is 13.2 Å². The van der Waals surface area contributed by atoms with Crippen LogP contribution in [0.3, 0.4) is 0 Å². The number of hydrogen-bond acceptors (Lipinski definition) is 2. The molecule has 0 bridgehead atoms. The lowest BCUT2D eigenvalue weighted by Gasteiger charge is -2.25. The molecule has 0 aromatic heterocycles. The summed E-state index contributed by atoms with van der Waals surface area (Å²) in [6, 6.07) is 0. The van der Waals surface area contributed by atoms with Crippen molar-refractivity contribution in [1.82, 2.24) is 0 Å². The summed E-state index contributed by atoms with van der Waals surface area (Å²) in [7, 11) is 0. The Hall–Kier alpha value is -0.120. The minimum Gasteiger partial charge on any atom is -0.412 e. The largest absolute Gasteiger partial charge is 0.412 e. The molecule has 0 unspecified atom stereocenters. The van der Waals surface area contributed by atoms with Crippen LogP contribution >= 0.6 is 0 Å². The second kappa shape index (κ2) is 5.52. The van der Waals surface area contributed by atoms with Crippen molar-refractivity contribution in [2.45, 2.75) is 25.7 Å². The second-order valence-corrected chi connectivity index (χ2v) is 3.25. The maximum Gasteiger partial charge on any atom is 0.0459 e. The van der Waals surface area contributed by atoms with E-state index in [0.717, 1.165) is 25.7 Å². The van der Waals surface area contributed by atoms with Crippen LogP contribution in [0.25, 0.3) is 0 Å². The highest BCUT2D eigenvalue weighted by Crippen LogP contribution is 2.27. The molecule has 0 atom stereocenters. The molecule has 0 saturated heterocycles. The average molecular weight is 162 g/mol. The lowest BCUT2D eigenvalue weighted by Crippen LogP contribution is -2.19. The minimum atomic E-state index is 0. The van der Waals surface area contributed by atoms with E-state index in [4.69, 9.17) is 10.2 Å². The molecule has 3 heteroatoms. The summed E-state index contributed by atoms with van der Waals surface area (Å²) in [5.74, 6) is 1.03. The molecule has 4 N–H and O–H groups in total. The summed E-state index contributed by atoms with van der Waals surface area (Å²) >= 11 is 0. The molecular weight excluding hydrogens is 144 g/mol. The van der Waals surface area contributed by atoms with E-state index in [1.54, 1.807) is 0 Å². The molecule has 0 spiro atoms. The summed E-state index contributed by atoms with van der Waals surface area (Å²) in [4.78, 5) is 0. The fourth-order valence-corrected chi connectivity index (χ4v) is 1.60. The van der Waals surface area contributed by atoms with Crippen molar-refractivity contribution < 1.29 is 15.7 Å². The second-order valence-electron chi connectivity index (χ2n) is 3.25. The van der Waals surface area contributed by atoms with E-state index in [1.807, 2.05) is 0 Å². The number of rotatable bonds is 2. The third kappa shape index (κ3) is 3.18. The van der Waals surface area contributed by atoms with Crippen molar-refractivity contribution in [2.24, 2.45) is 11.8 Å². The van der Waals surface area contributed by atoms with Crippen molar-refractivity contribution in [3.05, 3.63) is 0 Å². The summed E-state index contributed by atoms with van der Waals surface area (Å²) in [5, 5.41) is 17.6. The van der Waals surface area contributed by atoms with Gasteiger partial charge >= 0.3 is 0 Å². The van der Waals surface area contributed by atoms with Crippen molar-refractivity contribution >= 4 is 0 Å². The van der Waals surface area contributed by atoms with Gasteiger partial charge in [0.25, 0.3) is 0 Å². The lowest BCUT2D eigenvalue weighted by molar-refractivity contribution is 0.131. The zero-order valence-electron chi connectivity index (χ0n) is 6.79. The van der Waals surface area contributed by atoms with Crippen LogP contribution in [0.5, 0.6) is 0 Å². The van der Waals surface area contributed by atoms with Gasteiger partial charge in [-0.15, -0.1) is 0 Å². The molecule has 11 heavy (non-hydrogen) atoms. The minimum absolute atomic E-state index is 0. The quantitative estimate of drug-likeness (QED) is 0.597. The van der Waals surface area contributed by atoms with Crippen LogP contribution in [0.4, 0.5) is 0 Å². The van der Waals surface area contributed by atoms with E-state index in [-0.39, 0.29) is 5.48 Å². The normalized spacial score (nSPS) is 31.1. The smallest absolute Gasteiger partial charge is 0.0459 e. The molecule has 1 aliphatic carbocycles. The van der Waals surface area contributed by atoms with Crippen LogP contribution in [0.2, 0.25) is 0 Å². The number of aliphatic hydroxyl groups excluding tert-OH is 2. The molecule has 1 fully saturated rings. The zero-order chi connectivity index (χ0) is 7.40. The van der Waals surface area contributed by atoms with Crippen LogP contribution in [-0.2, 0) is 0 Å². The number of aliphatic hydroxyl groups is 2. The molecule has 0 aromatic carbocycles. The highest BCUT2D eigenvalue weighted by atomic mass is 16.3. The third-order valence-corrected chi connectivity index (χ3v) is 2.48. The predicted octanol–water partition coefficient (Wildman–Crippen LogP) is -0.0473. The Bertz CT molecular complexity index is 75.3. The average Bonchev–Trinajstić information content (AvgIpc) is 2.05. The Labute approximate surface area is 67.4 Å². The van der Waals surface area contributed by atoms with Gasteiger partial charge in [0.05, 0.1) is 0 Å². The van der Waals surface area contributed by atoms with E-state index in [2.05, 4.69) is 0 Å². The maximum atomic E-state index is 8.79. The van der Waals surface area contributed by atoms with Gasteiger partial charge in [-0.25, -0.2) is 0 Å². The van der Waals surface area contributed by atoms with E-state index >= 15 is 0 Å². The van der Waals surface area contributed by atoms with E-state index in [1.165, 1.54) is 0 Å². The van der Waals surface area contributed by atoms with Gasteiger partial charge in [0.15, 0.2) is 0 Å². The summed E-state index contributed by atoms with van der Waals surface area (Å²) < 4.78 is 0. The van der Waals surface area contributed by atoms with Gasteiger partial charge in [0.2, 0.25) is 0 Å². The predicted molar refractivity (Wildman–Crippen MR) is 43.2 cm³/mol. The molecule has 1 aliphatic rings. The van der Waals surface area contributed by atoms with Gasteiger partial charge in [-0.1, -0.05) is 0 Å². The van der Waals surface area contributed by atoms with Gasteiger partial charge in [0.1, 0.15) is 0 Å². The van der Waals surface area contributed by atoms with Gasteiger partial charge in [-0.05, 0) is 37.5 Å². The maximum absolute atomic E-state index is 8.79. The standard InChI is InChI=1S/C8H16O2.H2O/c9-5-7-1-2-8(6-10)4-3-7;/h7-10H,1-6H2;1H2. The van der Waals surface area contributed by atoms with Gasteiger partial charge < -0.3 is 15.7 Å². The van der Waals surface area contributed by atoms with Crippen LogP contribution in [0.15, 0.2) is 0 Å². The first-order valence-corrected chi connectivity index (χ1v) is 4.08. The SMILES string of the molecule is O.OCC1CCC(CO)CC1. The molecule has 0 amide bonds. The molecule has 1 rings (SSSR count). The highest BCUT2D eigenvalue weighted by Gasteiger charge is 2.19. The number of hydrogen-bond donors (Lipinski definition) is 2. The molecule has 68 valence electrons. The molecule has 0 heterocycles. The molecule has 3 nitrogen and oxygen atoms in total. The van der Waals surface area contributed by atoms with E-state index in [9.17, 15) is 0 Å². The first-order chi connectivity index (χ1) is 4.86. The van der Waals surface area contributed by atoms with Gasteiger partial charge in [-0.3, -0.25) is 0 Å². The summed E-state index contributed by atoms with van der Waals surface area (Å²) in [6.07, 6.45) is 4.40. The Kier molecular flexibility index (Phi) is 5.46.